The number of anilines is 8. The largest absolute Gasteiger partial charge is 0.495 e. The SMILES string of the molecule is COc1cc(NCc2cc(N)ccc2N)ccc1N(CCO)CCO.Cc1cc(NCc2cc(N)ccc2N)ccc1N. The zero-order valence-electron chi connectivity index (χ0n) is 24.8. The Morgan fingerprint density at radius 1 is 0.651 bits per heavy atom. The summed E-state index contributed by atoms with van der Waals surface area (Å²) in [5.74, 6) is 0.660. The summed E-state index contributed by atoms with van der Waals surface area (Å²) in [4.78, 5) is 1.87. The number of hydrogen-bond acceptors (Lipinski definition) is 11. The molecule has 4 aromatic rings. The van der Waals surface area contributed by atoms with Gasteiger partial charge in [-0.2, -0.15) is 0 Å². The molecular formula is C32H44N8O3. The van der Waals surface area contributed by atoms with Gasteiger partial charge < -0.3 is 59.2 Å². The van der Waals surface area contributed by atoms with Crippen LogP contribution in [-0.2, 0) is 13.1 Å². The Labute approximate surface area is 253 Å². The lowest BCUT2D eigenvalue weighted by Crippen LogP contribution is -2.30. The van der Waals surface area contributed by atoms with Crippen LogP contribution in [0.1, 0.15) is 16.7 Å². The molecule has 0 saturated carbocycles. The normalized spacial score (nSPS) is 10.4. The first-order valence-corrected chi connectivity index (χ1v) is 13.9. The van der Waals surface area contributed by atoms with E-state index in [0.29, 0.717) is 43.3 Å². The van der Waals surface area contributed by atoms with Crippen LogP contribution in [0.15, 0.2) is 72.8 Å². The maximum atomic E-state index is 9.20. The maximum absolute atomic E-state index is 9.20. The van der Waals surface area contributed by atoms with E-state index in [2.05, 4.69) is 10.6 Å². The van der Waals surface area contributed by atoms with Gasteiger partial charge in [-0.1, -0.05) is 0 Å². The summed E-state index contributed by atoms with van der Waals surface area (Å²) in [7, 11) is 1.59. The number of aliphatic hydroxyl groups excluding tert-OH is 2. The second-order valence-electron chi connectivity index (χ2n) is 10.0. The number of aliphatic hydroxyl groups is 2. The standard InChI is InChI=1S/C18H26N4O3.C14H18N4/c1-25-18-11-15(3-5-17(18)22(6-8-23)7-9-24)21-12-13-10-14(19)2-4-16(13)20;1-9-6-12(3-5-13(9)16)18-8-10-7-11(15)2-4-14(10)17/h2-5,10-11,21,23-24H,6-9,12,19-20H2,1H3;2-7,18H,8,15-17H2,1H3. The van der Waals surface area contributed by atoms with E-state index in [1.807, 2.05) is 66.4 Å². The fourth-order valence-electron chi connectivity index (χ4n) is 4.38. The maximum Gasteiger partial charge on any atom is 0.144 e. The van der Waals surface area contributed by atoms with Gasteiger partial charge in [-0.25, -0.2) is 0 Å². The highest BCUT2D eigenvalue weighted by atomic mass is 16.5. The highest BCUT2D eigenvalue weighted by Gasteiger charge is 2.12. The number of ether oxygens (including phenoxy) is 1. The molecule has 4 aromatic carbocycles. The zero-order valence-corrected chi connectivity index (χ0v) is 24.8. The third-order valence-corrected chi connectivity index (χ3v) is 6.83. The molecule has 4 rings (SSSR count). The van der Waals surface area contributed by atoms with Gasteiger partial charge in [-0.15, -0.1) is 0 Å². The Balaban J connectivity index is 0.000000248. The molecule has 0 radical (unpaired) electrons. The first-order chi connectivity index (χ1) is 20.6. The monoisotopic (exact) mass is 588 g/mol. The minimum Gasteiger partial charge on any atom is -0.495 e. The molecule has 0 atom stereocenters. The molecule has 0 aliphatic carbocycles. The Bertz CT molecular complexity index is 1480. The van der Waals surface area contributed by atoms with Crippen LogP contribution in [0.2, 0.25) is 0 Å². The van der Waals surface area contributed by atoms with Gasteiger partial charge in [0.05, 0.1) is 26.0 Å². The van der Waals surface area contributed by atoms with E-state index in [1.54, 1.807) is 25.3 Å². The fraction of sp³-hybridized carbons (Fsp3) is 0.250. The second-order valence-corrected chi connectivity index (χ2v) is 10.0. The quantitative estimate of drug-likeness (QED) is 0.109. The van der Waals surface area contributed by atoms with Crippen molar-refractivity contribution in [1.29, 1.82) is 0 Å². The van der Waals surface area contributed by atoms with Crippen molar-refractivity contribution >= 4 is 45.5 Å². The molecule has 11 nitrogen and oxygen atoms in total. The molecule has 43 heavy (non-hydrogen) atoms. The number of aryl methyl sites for hydroxylation is 1. The number of nitrogens with one attached hydrogen (secondary N) is 2. The van der Waals surface area contributed by atoms with Crippen molar-refractivity contribution < 1.29 is 14.9 Å². The Hall–Kier alpha value is -5.00. The first-order valence-electron chi connectivity index (χ1n) is 13.9. The lowest BCUT2D eigenvalue weighted by molar-refractivity contribution is 0.280. The van der Waals surface area contributed by atoms with Crippen molar-refractivity contribution in [1.82, 2.24) is 0 Å². The predicted octanol–water partition coefficient (Wildman–Crippen LogP) is 3.62. The van der Waals surface area contributed by atoms with Crippen LogP contribution in [0.3, 0.4) is 0 Å². The number of nitrogens with zero attached hydrogens (tertiary/aromatic N) is 1. The van der Waals surface area contributed by atoms with Crippen molar-refractivity contribution in [2.24, 2.45) is 0 Å². The Kier molecular flexibility index (Phi) is 12.0. The van der Waals surface area contributed by atoms with E-state index in [0.717, 1.165) is 50.8 Å². The van der Waals surface area contributed by atoms with Crippen LogP contribution in [0.25, 0.3) is 0 Å². The molecular weight excluding hydrogens is 544 g/mol. The average molecular weight is 589 g/mol. The van der Waals surface area contributed by atoms with E-state index >= 15 is 0 Å². The third-order valence-electron chi connectivity index (χ3n) is 6.83. The second kappa shape index (κ2) is 15.9. The topological polar surface area (TPSA) is 207 Å². The molecule has 230 valence electrons. The van der Waals surface area contributed by atoms with Crippen LogP contribution in [-0.4, -0.2) is 43.6 Å². The minimum atomic E-state index is -0.00212. The van der Waals surface area contributed by atoms with Crippen LogP contribution in [0.5, 0.6) is 5.75 Å². The van der Waals surface area contributed by atoms with Crippen molar-refractivity contribution in [2.45, 2.75) is 20.0 Å². The van der Waals surface area contributed by atoms with Gasteiger partial charge in [0.1, 0.15) is 5.75 Å². The van der Waals surface area contributed by atoms with Gasteiger partial charge in [0, 0.05) is 72.1 Å². The van der Waals surface area contributed by atoms with Crippen LogP contribution in [0, 0.1) is 6.92 Å². The minimum absolute atomic E-state index is 0.00212. The molecule has 0 aliphatic heterocycles. The zero-order chi connectivity index (χ0) is 31.4. The summed E-state index contributed by atoms with van der Waals surface area (Å²) < 4.78 is 5.46. The molecule has 0 aromatic heterocycles. The summed E-state index contributed by atoms with van der Waals surface area (Å²) in [5, 5.41) is 25.0. The summed E-state index contributed by atoms with van der Waals surface area (Å²) in [6, 6.07) is 22.4. The lowest BCUT2D eigenvalue weighted by atomic mass is 10.1. The molecule has 0 spiro atoms. The van der Waals surface area contributed by atoms with Gasteiger partial charge in [-0.3, -0.25) is 0 Å². The van der Waals surface area contributed by atoms with E-state index in [9.17, 15) is 10.2 Å². The molecule has 0 saturated heterocycles. The number of benzene rings is 4. The average Bonchev–Trinajstić information content (AvgIpc) is 3.00. The van der Waals surface area contributed by atoms with Crippen molar-refractivity contribution in [3.05, 3.63) is 89.5 Å². The smallest absolute Gasteiger partial charge is 0.144 e. The lowest BCUT2D eigenvalue weighted by Gasteiger charge is -2.25. The summed E-state index contributed by atoms with van der Waals surface area (Å²) in [6.07, 6.45) is 0. The van der Waals surface area contributed by atoms with Gasteiger partial charge in [0.2, 0.25) is 0 Å². The number of hydrogen-bond donors (Lipinski definition) is 9. The van der Waals surface area contributed by atoms with Gasteiger partial charge in [-0.05, 0) is 90.3 Å². The fourth-order valence-corrected chi connectivity index (χ4v) is 4.38. The summed E-state index contributed by atoms with van der Waals surface area (Å²) >= 11 is 0. The van der Waals surface area contributed by atoms with Gasteiger partial charge >= 0.3 is 0 Å². The van der Waals surface area contributed by atoms with Gasteiger partial charge in [0.15, 0.2) is 0 Å². The predicted molar refractivity (Wildman–Crippen MR) is 180 cm³/mol. The van der Waals surface area contributed by atoms with Crippen LogP contribution >= 0.6 is 0 Å². The Morgan fingerprint density at radius 3 is 1.63 bits per heavy atom. The van der Waals surface area contributed by atoms with Gasteiger partial charge in [0.25, 0.3) is 0 Å². The third kappa shape index (κ3) is 9.52. The number of methoxy groups -OCH3 is 1. The molecule has 0 aliphatic rings. The van der Waals surface area contributed by atoms with E-state index < -0.39 is 0 Å². The van der Waals surface area contributed by atoms with E-state index in [1.165, 1.54) is 0 Å². The number of nitrogen functional groups attached to an aromatic ring is 5. The molecule has 0 bridgehead atoms. The highest BCUT2D eigenvalue weighted by molar-refractivity contribution is 5.66. The van der Waals surface area contributed by atoms with Crippen molar-refractivity contribution in [3.63, 3.8) is 0 Å². The molecule has 14 N–H and O–H groups in total. The molecule has 0 unspecified atom stereocenters. The molecule has 0 heterocycles. The number of nitrogens with two attached hydrogens (primary N) is 5. The summed E-state index contributed by atoms with van der Waals surface area (Å²) in [6.45, 7) is 3.99. The van der Waals surface area contributed by atoms with Crippen LogP contribution < -0.4 is 48.9 Å². The molecule has 0 fully saturated rings. The van der Waals surface area contributed by atoms with E-state index in [4.69, 9.17) is 33.4 Å². The van der Waals surface area contributed by atoms with Crippen molar-refractivity contribution in [3.8, 4) is 5.75 Å². The van der Waals surface area contributed by atoms with Crippen molar-refractivity contribution in [2.75, 3.05) is 77.6 Å². The van der Waals surface area contributed by atoms with Crippen LogP contribution in [0.4, 0.5) is 45.5 Å². The Morgan fingerprint density at radius 2 is 1.14 bits per heavy atom. The molecule has 0 amide bonds. The first kappa shape index (κ1) is 32.5. The molecule has 11 heteroatoms. The number of rotatable bonds is 12. The highest BCUT2D eigenvalue weighted by Crippen LogP contribution is 2.31. The van der Waals surface area contributed by atoms with E-state index in [-0.39, 0.29) is 13.2 Å². The summed E-state index contributed by atoms with van der Waals surface area (Å²) in [5.41, 5.74) is 38.5.